The van der Waals surface area contributed by atoms with Crippen LogP contribution in [0.15, 0.2) is 0 Å². The van der Waals surface area contributed by atoms with Crippen LogP contribution in [-0.4, -0.2) is 47.7 Å². The maximum absolute atomic E-state index is 11.8. The predicted molar refractivity (Wildman–Crippen MR) is 48.8 cm³/mol. The number of cyclic esters (lactones) is 1. The molecule has 1 N–H and O–H groups in total. The molecule has 2 heterocycles. The molecule has 0 aromatic heterocycles. The number of rotatable bonds is 4. The molecule has 0 aromatic carbocycles. The molecule has 10 heteroatoms. The number of aliphatic carboxylic acids is 1. The Kier molecular flexibility index (Phi) is 4.91. The molecule has 0 radical (unpaired) electrons. The van der Waals surface area contributed by atoms with E-state index >= 15 is 0 Å². The Hall–Kier alpha value is -1.16. The van der Waals surface area contributed by atoms with Gasteiger partial charge < -0.3 is 20.0 Å². The Morgan fingerprint density at radius 1 is 1.53 bits per heavy atom. The van der Waals surface area contributed by atoms with Crippen molar-refractivity contribution in [3.8, 4) is 0 Å². The van der Waals surface area contributed by atoms with E-state index in [1.807, 2.05) is 0 Å². The number of hydroxylamine groups is 2. The van der Waals surface area contributed by atoms with Gasteiger partial charge in [0, 0.05) is 6.42 Å². The van der Waals surface area contributed by atoms with Crippen LogP contribution in [0.5, 0.6) is 0 Å². The van der Waals surface area contributed by atoms with Gasteiger partial charge in [0.2, 0.25) is 6.41 Å². The van der Waals surface area contributed by atoms with Crippen molar-refractivity contribution in [1.82, 2.24) is 10.4 Å². The summed E-state index contributed by atoms with van der Waals surface area (Å²) in [7, 11) is 0. The van der Waals surface area contributed by atoms with E-state index in [0.717, 1.165) is 0 Å². The third kappa shape index (κ3) is 2.59. The van der Waals surface area contributed by atoms with Crippen molar-refractivity contribution < 1.29 is 63.4 Å². The van der Waals surface area contributed by atoms with Crippen molar-refractivity contribution in [2.24, 2.45) is 0 Å². The molecule has 0 spiro atoms. The van der Waals surface area contributed by atoms with E-state index in [1.54, 1.807) is 0 Å². The third-order valence-electron chi connectivity index (χ3n) is 2.74. The minimum Gasteiger partial charge on any atom is -0.544 e. The van der Waals surface area contributed by atoms with Gasteiger partial charge in [-0.25, -0.2) is 0 Å². The summed E-state index contributed by atoms with van der Waals surface area (Å²) in [4.78, 5) is 49.1. The van der Waals surface area contributed by atoms with E-state index in [2.05, 4.69) is 10.1 Å². The average Bonchev–Trinajstić information content (AvgIpc) is 2.86. The van der Waals surface area contributed by atoms with Crippen molar-refractivity contribution in [1.29, 1.82) is 0 Å². The molecule has 1 unspecified atom stereocenters. The van der Waals surface area contributed by atoms with Crippen LogP contribution in [0.2, 0.25) is 0 Å². The van der Waals surface area contributed by atoms with Gasteiger partial charge in [-0.15, -0.1) is 0 Å². The number of ether oxygens (including phenoxy) is 1. The Bertz CT molecular complexity index is 429. The molecule has 98 valence electrons. The molecule has 2 rings (SSSR count). The van der Waals surface area contributed by atoms with Crippen LogP contribution in [0.25, 0.3) is 0 Å². The fourth-order valence-corrected chi connectivity index (χ4v) is 1.84. The second kappa shape index (κ2) is 5.87. The first kappa shape index (κ1) is 15.9. The van der Waals surface area contributed by atoms with Crippen molar-refractivity contribution in [2.45, 2.75) is 24.6 Å². The SMILES string of the molecule is O=CN[C@H]1CON(C2(C(=O)[O-])CCC(=O)O2)C1=O.[Na+]. The van der Waals surface area contributed by atoms with Crippen LogP contribution >= 0.6 is 0 Å². The zero-order chi connectivity index (χ0) is 13.3. The number of nitrogens with zero attached hydrogens (tertiary/aromatic N) is 1. The number of esters is 1. The van der Waals surface area contributed by atoms with Crippen molar-refractivity contribution >= 4 is 24.3 Å². The summed E-state index contributed by atoms with van der Waals surface area (Å²) >= 11 is 0. The topological polar surface area (TPSA) is 125 Å². The first-order valence-electron chi connectivity index (χ1n) is 5.11. The molecule has 19 heavy (non-hydrogen) atoms. The molecule has 0 aromatic rings. The molecule has 2 saturated heterocycles. The van der Waals surface area contributed by atoms with E-state index in [9.17, 15) is 24.3 Å². The minimum absolute atomic E-state index is 0. The third-order valence-corrected chi connectivity index (χ3v) is 2.74. The number of carbonyl (C=O) groups excluding carboxylic acids is 4. The van der Waals surface area contributed by atoms with E-state index < -0.39 is 29.6 Å². The normalized spacial score (nSPS) is 29.7. The summed E-state index contributed by atoms with van der Waals surface area (Å²) < 4.78 is 4.65. The van der Waals surface area contributed by atoms with Gasteiger partial charge in [-0.3, -0.25) is 19.2 Å². The number of carbonyl (C=O) groups is 4. The first-order valence-corrected chi connectivity index (χ1v) is 5.11. The zero-order valence-electron chi connectivity index (χ0n) is 10.1. The molecule has 9 nitrogen and oxygen atoms in total. The van der Waals surface area contributed by atoms with E-state index in [-0.39, 0.29) is 49.0 Å². The molecule has 2 aliphatic rings. The Balaban J connectivity index is 0.00000180. The summed E-state index contributed by atoms with van der Waals surface area (Å²) in [5.41, 5.74) is -2.24. The zero-order valence-corrected chi connectivity index (χ0v) is 12.1. The van der Waals surface area contributed by atoms with Gasteiger partial charge in [-0.05, 0) is 0 Å². The predicted octanol–water partition coefficient (Wildman–Crippen LogP) is -6.34. The second-order valence-corrected chi connectivity index (χ2v) is 3.81. The largest absolute Gasteiger partial charge is 1.00 e. The number of carboxylic acid groups (broad SMARTS) is 1. The van der Waals surface area contributed by atoms with Crippen LogP contribution in [0, 0.1) is 0 Å². The monoisotopic (exact) mass is 280 g/mol. The Morgan fingerprint density at radius 2 is 2.21 bits per heavy atom. The molecular weight excluding hydrogens is 271 g/mol. The number of hydrogen-bond acceptors (Lipinski definition) is 7. The fourth-order valence-electron chi connectivity index (χ4n) is 1.84. The van der Waals surface area contributed by atoms with Crippen LogP contribution in [0.4, 0.5) is 0 Å². The average molecular weight is 280 g/mol. The van der Waals surface area contributed by atoms with Crippen LogP contribution in [-0.2, 0) is 28.8 Å². The molecule has 0 saturated carbocycles. The summed E-state index contributed by atoms with van der Waals surface area (Å²) in [6.07, 6.45) is -0.123. The number of hydrogen-bond donors (Lipinski definition) is 1. The van der Waals surface area contributed by atoms with Crippen LogP contribution in [0.3, 0.4) is 0 Å². The van der Waals surface area contributed by atoms with E-state index in [4.69, 9.17) is 4.84 Å². The summed E-state index contributed by atoms with van der Waals surface area (Å²) in [5.74, 6) is -3.31. The molecule has 2 fully saturated rings. The second-order valence-electron chi connectivity index (χ2n) is 3.81. The summed E-state index contributed by atoms with van der Waals surface area (Å²) in [6.45, 7) is -0.232. The van der Waals surface area contributed by atoms with Crippen molar-refractivity contribution in [3.05, 3.63) is 0 Å². The quantitative estimate of drug-likeness (QED) is 0.308. The minimum atomic E-state index is -2.24. The van der Waals surface area contributed by atoms with Gasteiger partial charge in [-0.2, -0.15) is 5.06 Å². The Labute approximate surface area is 129 Å². The van der Waals surface area contributed by atoms with Gasteiger partial charge in [0.25, 0.3) is 11.6 Å². The maximum atomic E-state index is 11.8. The van der Waals surface area contributed by atoms with Gasteiger partial charge in [0.1, 0.15) is 18.6 Å². The standard InChI is InChI=1S/C9H10N2O7.Na/c12-4-10-5-3-17-11(7(5)14)9(8(15)16)2-1-6(13)18-9;/h4-5H,1-3H2,(H,10,12)(H,15,16);/q;+1/p-1/t5-,9?;/m0./s1. The van der Waals surface area contributed by atoms with Gasteiger partial charge >= 0.3 is 35.5 Å². The Morgan fingerprint density at radius 3 is 2.68 bits per heavy atom. The maximum Gasteiger partial charge on any atom is 1.00 e. The molecular formula is C9H9N2NaO7. The number of amides is 2. The van der Waals surface area contributed by atoms with Crippen molar-refractivity contribution in [3.63, 3.8) is 0 Å². The molecule has 2 atom stereocenters. The molecule has 0 aliphatic carbocycles. The van der Waals surface area contributed by atoms with Gasteiger partial charge in [0.15, 0.2) is 0 Å². The fraction of sp³-hybridized carbons (Fsp3) is 0.556. The number of nitrogens with one attached hydrogen (secondary N) is 1. The van der Waals surface area contributed by atoms with Gasteiger partial charge in [0.05, 0.1) is 6.42 Å². The van der Waals surface area contributed by atoms with Gasteiger partial charge in [-0.1, -0.05) is 0 Å². The molecule has 0 bridgehead atoms. The summed E-state index contributed by atoms with van der Waals surface area (Å²) in [5, 5.41) is 13.7. The van der Waals surface area contributed by atoms with E-state index in [1.165, 1.54) is 0 Å². The van der Waals surface area contributed by atoms with Crippen LogP contribution < -0.4 is 40.0 Å². The first-order chi connectivity index (χ1) is 8.51. The number of carboxylic acids is 1. The molecule has 2 aliphatic heterocycles. The smallest absolute Gasteiger partial charge is 0.544 e. The van der Waals surface area contributed by atoms with Crippen molar-refractivity contribution in [2.75, 3.05) is 6.61 Å². The summed E-state index contributed by atoms with van der Waals surface area (Å²) in [6, 6.07) is -1.00. The van der Waals surface area contributed by atoms with Crippen LogP contribution in [0.1, 0.15) is 12.8 Å². The van der Waals surface area contributed by atoms with E-state index in [0.29, 0.717) is 11.5 Å². The molecule has 2 amide bonds.